The van der Waals surface area contributed by atoms with Crippen LogP contribution < -0.4 is 0 Å². The normalized spacial score (nSPS) is 12.7. The fourth-order valence-corrected chi connectivity index (χ4v) is 2.09. The van der Waals surface area contributed by atoms with Gasteiger partial charge in [0.25, 0.3) is 6.47 Å². The van der Waals surface area contributed by atoms with Gasteiger partial charge in [-0.25, -0.2) is 0 Å². The molecule has 0 rings (SSSR count). The van der Waals surface area contributed by atoms with E-state index in [1.165, 1.54) is 12.8 Å². The van der Waals surface area contributed by atoms with E-state index in [1.807, 2.05) is 13.8 Å². The van der Waals surface area contributed by atoms with Crippen molar-refractivity contribution in [2.24, 2.45) is 5.41 Å². The lowest BCUT2D eigenvalue weighted by Crippen LogP contribution is -2.31. The Labute approximate surface area is 81.7 Å². The fourth-order valence-electron chi connectivity index (χ4n) is 2.09. The molecule has 0 bridgehead atoms. The van der Waals surface area contributed by atoms with Crippen LogP contribution in [0.1, 0.15) is 53.9 Å². The molecule has 0 fully saturated rings. The van der Waals surface area contributed by atoms with Gasteiger partial charge in [0, 0.05) is 0 Å². The van der Waals surface area contributed by atoms with E-state index >= 15 is 0 Å². The molecule has 0 unspecified atom stereocenters. The summed E-state index contributed by atoms with van der Waals surface area (Å²) in [5.74, 6) is 0. The van der Waals surface area contributed by atoms with E-state index < -0.39 is 0 Å². The van der Waals surface area contributed by atoms with Gasteiger partial charge in [-0.2, -0.15) is 0 Å². The van der Waals surface area contributed by atoms with Crippen LogP contribution in [-0.2, 0) is 9.53 Å². The first kappa shape index (κ1) is 12.5. The molecular formula is C11H22O2. The molecule has 0 N–H and O–H groups in total. The summed E-state index contributed by atoms with van der Waals surface area (Å²) in [5.41, 5.74) is -0.0817. The molecule has 0 saturated heterocycles. The average Bonchev–Trinajstić information content (AvgIpc) is 1.82. The van der Waals surface area contributed by atoms with Crippen LogP contribution >= 0.6 is 0 Å². The summed E-state index contributed by atoms with van der Waals surface area (Å²) in [6.07, 6.45) is 3.25. The monoisotopic (exact) mass is 186 g/mol. The van der Waals surface area contributed by atoms with Gasteiger partial charge in [-0.1, -0.05) is 27.2 Å². The Morgan fingerprint density at radius 1 is 1.23 bits per heavy atom. The van der Waals surface area contributed by atoms with Gasteiger partial charge in [-0.15, -0.1) is 0 Å². The largest absolute Gasteiger partial charge is 0.462 e. The third-order valence-corrected chi connectivity index (χ3v) is 2.20. The minimum atomic E-state index is -0.333. The number of ether oxygens (including phenoxy) is 1. The van der Waals surface area contributed by atoms with Gasteiger partial charge < -0.3 is 4.74 Å². The molecule has 0 aliphatic heterocycles. The van der Waals surface area contributed by atoms with E-state index in [-0.39, 0.29) is 11.0 Å². The Kier molecular flexibility index (Phi) is 4.45. The summed E-state index contributed by atoms with van der Waals surface area (Å²) in [7, 11) is 0. The zero-order valence-electron chi connectivity index (χ0n) is 9.52. The third-order valence-electron chi connectivity index (χ3n) is 2.20. The number of hydrogen-bond donors (Lipinski definition) is 0. The van der Waals surface area contributed by atoms with Gasteiger partial charge in [-0.3, -0.25) is 4.79 Å². The number of rotatable bonds is 6. The first-order valence-corrected chi connectivity index (χ1v) is 4.94. The van der Waals surface area contributed by atoms with Gasteiger partial charge >= 0.3 is 0 Å². The summed E-state index contributed by atoms with van der Waals surface area (Å²) >= 11 is 0. The van der Waals surface area contributed by atoms with Gasteiger partial charge in [0.1, 0.15) is 5.60 Å². The topological polar surface area (TPSA) is 26.3 Å². The number of carbonyl (C=O) groups is 1. The van der Waals surface area contributed by atoms with E-state index in [0.29, 0.717) is 6.47 Å². The lowest BCUT2D eigenvalue weighted by molar-refractivity contribution is -0.142. The number of hydrogen-bond acceptors (Lipinski definition) is 2. The predicted octanol–water partition coefficient (Wildman–Crippen LogP) is 3.15. The van der Waals surface area contributed by atoms with E-state index in [0.717, 1.165) is 6.42 Å². The summed E-state index contributed by atoms with van der Waals surface area (Å²) in [4.78, 5) is 10.2. The molecule has 0 aromatic carbocycles. The van der Waals surface area contributed by atoms with E-state index in [2.05, 4.69) is 20.8 Å². The maximum atomic E-state index is 10.2. The molecule has 0 radical (unpaired) electrons. The standard InChI is InChI=1S/C11H22O2/c1-6-7-10(2,3)8-11(4,5)13-9-12/h9H,6-8H2,1-5H3. The summed E-state index contributed by atoms with van der Waals surface area (Å²) in [6.45, 7) is 11.1. The highest BCUT2D eigenvalue weighted by molar-refractivity contribution is 5.38. The summed E-state index contributed by atoms with van der Waals surface area (Å²) in [6, 6.07) is 0. The second-order valence-electron chi connectivity index (χ2n) is 5.06. The van der Waals surface area contributed by atoms with Crippen LogP contribution in [0.3, 0.4) is 0 Å². The van der Waals surface area contributed by atoms with Crippen LogP contribution in [0.2, 0.25) is 0 Å². The van der Waals surface area contributed by atoms with Crippen LogP contribution in [0.5, 0.6) is 0 Å². The molecule has 0 atom stereocenters. The van der Waals surface area contributed by atoms with E-state index in [4.69, 9.17) is 4.74 Å². The quantitative estimate of drug-likeness (QED) is 0.596. The fraction of sp³-hybridized carbons (Fsp3) is 0.909. The Bertz CT molecular complexity index is 159. The van der Waals surface area contributed by atoms with Crippen molar-refractivity contribution in [3.05, 3.63) is 0 Å². The molecule has 0 heterocycles. The van der Waals surface area contributed by atoms with Crippen molar-refractivity contribution >= 4 is 6.47 Å². The van der Waals surface area contributed by atoms with Crippen molar-refractivity contribution in [1.82, 2.24) is 0 Å². The average molecular weight is 186 g/mol. The molecular weight excluding hydrogens is 164 g/mol. The van der Waals surface area contributed by atoms with Gasteiger partial charge in [0.05, 0.1) is 0 Å². The molecule has 78 valence electrons. The maximum Gasteiger partial charge on any atom is 0.293 e. The molecule has 0 aromatic heterocycles. The highest BCUT2D eigenvalue weighted by Gasteiger charge is 2.29. The smallest absolute Gasteiger partial charge is 0.293 e. The highest BCUT2D eigenvalue weighted by Crippen LogP contribution is 2.33. The van der Waals surface area contributed by atoms with Gasteiger partial charge in [0.15, 0.2) is 0 Å². The highest BCUT2D eigenvalue weighted by atomic mass is 16.5. The predicted molar refractivity (Wildman–Crippen MR) is 54.5 cm³/mol. The molecule has 2 nitrogen and oxygen atoms in total. The number of carbonyl (C=O) groups excluding carboxylic acids is 1. The SMILES string of the molecule is CCCC(C)(C)CC(C)(C)OC=O. The zero-order chi connectivity index (χ0) is 10.5. The Hall–Kier alpha value is -0.530. The molecule has 0 aromatic rings. The van der Waals surface area contributed by atoms with E-state index in [9.17, 15) is 4.79 Å². The van der Waals surface area contributed by atoms with Crippen LogP contribution in [0.15, 0.2) is 0 Å². The summed E-state index contributed by atoms with van der Waals surface area (Å²) in [5, 5.41) is 0. The Morgan fingerprint density at radius 2 is 1.77 bits per heavy atom. The second-order valence-corrected chi connectivity index (χ2v) is 5.06. The van der Waals surface area contributed by atoms with E-state index in [1.54, 1.807) is 0 Å². The first-order valence-electron chi connectivity index (χ1n) is 4.94. The Balaban J connectivity index is 4.14. The third kappa shape index (κ3) is 5.67. The molecule has 2 heteroatoms. The first-order chi connectivity index (χ1) is 5.83. The van der Waals surface area contributed by atoms with Crippen molar-refractivity contribution < 1.29 is 9.53 Å². The van der Waals surface area contributed by atoms with Gasteiger partial charge in [-0.05, 0) is 32.1 Å². The minimum Gasteiger partial charge on any atom is -0.462 e. The van der Waals surface area contributed by atoms with Crippen LogP contribution in [0, 0.1) is 5.41 Å². The lowest BCUT2D eigenvalue weighted by Gasteiger charge is -2.33. The van der Waals surface area contributed by atoms with Crippen molar-refractivity contribution in [2.45, 2.75) is 59.5 Å². The molecule has 0 aliphatic rings. The molecule has 0 saturated carbocycles. The van der Waals surface area contributed by atoms with Crippen molar-refractivity contribution in [1.29, 1.82) is 0 Å². The van der Waals surface area contributed by atoms with Crippen molar-refractivity contribution in [3.8, 4) is 0 Å². The minimum absolute atomic E-state index is 0.251. The molecule has 13 heavy (non-hydrogen) atoms. The van der Waals surface area contributed by atoms with Crippen molar-refractivity contribution in [2.75, 3.05) is 0 Å². The summed E-state index contributed by atoms with van der Waals surface area (Å²) < 4.78 is 5.03. The van der Waals surface area contributed by atoms with Crippen LogP contribution in [0.4, 0.5) is 0 Å². The zero-order valence-corrected chi connectivity index (χ0v) is 9.52. The Morgan fingerprint density at radius 3 is 2.15 bits per heavy atom. The molecule has 0 amide bonds. The van der Waals surface area contributed by atoms with Crippen LogP contribution in [-0.4, -0.2) is 12.1 Å². The van der Waals surface area contributed by atoms with Crippen LogP contribution in [0.25, 0.3) is 0 Å². The van der Waals surface area contributed by atoms with Crippen molar-refractivity contribution in [3.63, 3.8) is 0 Å². The molecule has 0 spiro atoms. The maximum absolute atomic E-state index is 10.2. The van der Waals surface area contributed by atoms with Gasteiger partial charge in [0.2, 0.25) is 0 Å². The molecule has 0 aliphatic carbocycles. The second kappa shape index (κ2) is 4.64. The lowest BCUT2D eigenvalue weighted by atomic mass is 9.78.